The third-order valence-electron chi connectivity index (χ3n) is 4.40. The number of methoxy groups -OCH3 is 1. The molecule has 27 heavy (non-hydrogen) atoms. The summed E-state index contributed by atoms with van der Waals surface area (Å²) >= 11 is 0. The normalized spacial score (nSPS) is 15.6. The second kappa shape index (κ2) is 9.87. The van der Waals surface area contributed by atoms with Gasteiger partial charge in [0.05, 0.1) is 13.7 Å². The Labute approximate surface area is 178 Å². The Morgan fingerprint density at radius 3 is 2.85 bits per heavy atom. The molecule has 0 spiro atoms. The second-order valence-corrected chi connectivity index (χ2v) is 6.64. The van der Waals surface area contributed by atoms with Crippen molar-refractivity contribution in [3.63, 3.8) is 0 Å². The van der Waals surface area contributed by atoms with Crippen LogP contribution in [0.5, 0.6) is 11.5 Å². The van der Waals surface area contributed by atoms with Crippen LogP contribution >= 0.6 is 24.0 Å². The highest BCUT2D eigenvalue weighted by molar-refractivity contribution is 14.0. The summed E-state index contributed by atoms with van der Waals surface area (Å²) < 4.78 is 13.5. The summed E-state index contributed by atoms with van der Waals surface area (Å²) in [4.78, 5) is 4.66. The zero-order chi connectivity index (χ0) is 18.5. The third-order valence-corrected chi connectivity index (χ3v) is 4.40. The Balaban J connectivity index is 0.00000261. The van der Waals surface area contributed by atoms with Gasteiger partial charge in [0.25, 0.3) is 0 Å². The number of benzene rings is 1. The lowest BCUT2D eigenvalue weighted by Gasteiger charge is -2.14. The first-order chi connectivity index (χ1) is 12.6. The van der Waals surface area contributed by atoms with Gasteiger partial charge in [-0.15, -0.1) is 24.0 Å². The lowest BCUT2D eigenvalue weighted by Crippen LogP contribution is -2.36. The Hall–Kier alpha value is -1.90. The molecule has 0 bridgehead atoms. The van der Waals surface area contributed by atoms with Gasteiger partial charge in [-0.3, -0.25) is 0 Å². The number of aromatic nitrogens is 1. The van der Waals surface area contributed by atoms with Crippen LogP contribution in [0.15, 0.2) is 35.6 Å². The van der Waals surface area contributed by atoms with Crippen molar-refractivity contribution in [3.8, 4) is 11.5 Å². The van der Waals surface area contributed by atoms with Gasteiger partial charge in [0, 0.05) is 50.1 Å². The molecule has 6 nitrogen and oxygen atoms in total. The van der Waals surface area contributed by atoms with Gasteiger partial charge in [0.2, 0.25) is 0 Å². The smallest absolute Gasteiger partial charge is 0.191 e. The molecule has 2 N–H and O–H groups in total. The standard InChI is InChI=1S/C20H28N4O2.HI/c1-5-21-20(22-11-15-6-7-24(3)13-15)23-12-17-10-19-16(8-14(2)26-19)9-18(17)25-4;/h6-7,9-10,13-14H,5,8,11-12H2,1-4H3,(H2,21,22,23);1H. The van der Waals surface area contributed by atoms with Gasteiger partial charge in [-0.2, -0.15) is 0 Å². The fourth-order valence-electron chi connectivity index (χ4n) is 3.16. The minimum atomic E-state index is 0. The van der Waals surface area contributed by atoms with Crippen molar-refractivity contribution in [1.82, 2.24) is 15.2 Å². The second-order valence-electron chi connectivity index (χ2n) is 6.64. The van der Waals surface area contributed by atoms with Crippen molar-refractivity contribution in [2.75, 3.05) is 13.7 Å². The van der Waals surface area contributed by atoms with Crippen LogP contribution in [0.25, 0.3) is 0 Å². The summed E-state index contributed by atoms with van der Waals surface area (Å²) in [5.41, 5.74) is 3.45. The van der Waals surface area contributed by atoms with E-state index in [1.165, 1.54) is 11.1 Å². The van der Waals surface area contributed by atoms with E-state index in [1.807, 2.05) is 17.8 Å². The minimum absolute atomic E-state index is 0. The maximum atomic E-state index is 5.88. The van der Waals surface area contributed by atoms with E-state index in [9.17, 15) is 0 Å². The molecule has 0 saturated carbocycles. The number of rotatable bonds is 6. The summed E-state index contributed by atoms with van der Waals surface area (Å²) in [5, 5.41) is 6.67. The van der Waals surface area contributed by atoms with Crippen LogP contribution in [0.2, 0.25) is 0 Å². The summed E-state index contributed by atoms with van der Waals surface area (Å²) in [6, 6.07) is 6.24. The zero-order valence-corrected chi connectivity index (χ0v) is 18.7. The van der Waals surface area contributed by atoms with Crippen LogP contribution in [0.1, 0.15) is 30.5 Å². The van der Waals surface area contributed by atoms with Gasteiger partial charge in [0.15, 0.2) is 5.96 Å². The number of hydrogen-bond donors (Lipinski definition) is 2. The van der Waals surface area contributed by atoms with Gasteiger partial charge in [0.1, 0.15) is 17.6 Å². The molecule has 3 rings (SSSR count). The molecule has 0 amide bonds. The van der Waals surface area contributed by atoms with Gasteiger partial charge >= 0.3 is 0 Å². The number of aryl methyl sites for hydroxylation is 1. The number of nitrogens with one attached hydrogen (secondary N) is 2. The first-order valence-corrected chi connectivity index (χ1v) is 9.08. The Morgan fingerprint density at radius 2 is 2.19 bits per heavy atom. The SMILES string of the molecule is CCNC(=NCc1ccn(C)c1)NCc1cc2c(cc1OC)CC(C)O2.I. The lowest BCUT2D eigenvalue weighted by molar-refractivity contribution is 0.254. The monoisotopic (exact) mass is 484 g/mol. The molecule has 1 aliphatic heterocycles. The maximum Gasteiger partial charge on any atom is 0.191 e. The molecular weight excluding hydrogens is 455 g/mol. The number of guanidine groups is 1. The maximum absolute atomic E-state index is 5.88. The molecule has 1 aliphatic rings. The summed E-state index contributed by atoms with van der Waals surface area (Å²) in [6.07, 6.45) is 5.26. The third kappa shape index (κ3) is 5.54. The van der Waals surface area contributed by atoms with E-state index in [0.717, 1.165) is 36.0 Å². The largest absolute Gasteiger partial charge is 0.496 e. The van der Waals surface area contributed by atoms with Crippen molar-refractivity contribution in [3.05, 3.63) is 47.3 Å². The average molecular weight is 484 g/mol. The van der Waals surface area contributed by atoms with E-state index >= 15 is 0 Å². The molecule has 1 unspecified atom stereocenters. The number of hydrogen-bond acceptors (Lipinski definition) is 3. The number of halogens is 1. The van der Waals surface area contributed by atoms with Crippen LogP contribution in [0.3, 0.4) is 0 Å². The Kier molecular flexibility index (Phi) is 7.82. The molecule has 7 heteroatoms. The van der Waals surface area contributed by atoms with Crippen LogP contribution in [-0.4, -0.2) is 30.3 Å². The molecule has 2 heterocycles. The predicted octanol–water partition coefficient (Wildman–Crippen LogP) is 3.23. The number of aliphatic imine (C=N–C) groups is 1. The molecule has 1 atom stereocenters. The van der Waals surface area contributed by atoms with Crippen LogP contribution < -0.4 is 20.1 Å². The van der Waals surface area contributed by atoms with Crippen LogP contribution in [-0.2, 0) is 26.6 Å². The van der Waals surface area contributed by atoms with Crippen molar-refractivity contribution in [1.29, 1.82) is 0 Å². The van der Waals surface area contributed by atoms with Crippen LogP contribution in [0, 0.1) is 0 Å². The van der Waals surface area contributed by atoms with E-state index in [0.29, 0.717) is 13.1 Å². The van der Waals surface area contributed by atoms with E-state index in [4.69, 9.17) is 9.47 Å². The first kappa shape index (κ1) is 21.4. The van der Waals surface area contributed by atoms with E-state index < -0.39 is 0 Å². The molecule has 148 valence electrons. The topological polar surface area (TPSA) is 59.8 Å². The molecular formula is C20H29IN4O2. The first-order valence-electron chi connectivity index (χ1n) is 9.08. The zero-order valence-electron chi connectivity index (χ0n) is 16.4. The highest BCUT2D eigenvalue weighted by atomic mass is 127. The fourth-order valence-corrected chi connectivity index (χ4v) is 3.16. The Bertz CT molecular complexity index is 788. The average Bonchev–Trinajstić information content (AvgIpc) is 3.20. The van der Waals surface area contributed by atoms with Crippen molar-refractivity contribution >= 4 is 29.9 Å². The Morgan fingerprint density at radius 1 is 1.37 bits per heavy atom. The van der Waals surface area contributed by atoms with Crippen molar-refractivity contribution in [2.45, 2.75) is 39.5 Å². The molecule has 0 saturated heterocycles. The lowest BCUT2D eigenvalue weighted by atomic mass is 10.1. The number of nitrogens with zero attached hydrogens (tertiary/aromatic N) is 2. The summed E-state index contributed by atoms with van der Waals surface area (Å²) in [6.45, 7) is 6.21. The number of ether oxygens (including phenoxy) is 2. The molecule has 2 aromatic rings. The van der Waals surface area contributed by atoms with E-state index in [1.54, 1.807) is 7.11 Å². The predicted molar refractivity (Wildman–Crippen MR) is 119 cm³/mol. The molecule has 1 aromatic heterocycles. The van der Waals surface area contributed by atoms with Gasteiger partial charge in [-0.05, 0) is 37.6 Å². The van der Waals surface area contributed by atoms with Gasteiger partial charge in [-0.25, -0.2) is 4.99 Å². The number of fused-ring (bicyclic) bond motifs is 1. The fraction of sp³-hybridized carbons (Fsp3) is 0.450. The van der Waals surface area contributed by atoms with Gasteiger partial charge in [-0.1, -0.05) is 0 Å². The minimum Gasteiger partial charge on any atom is -0.496 e. The summed E-state index contributed by atoms with van der Waals surface area (Å²) in [7, 11) is 3.72. The molecule has 0 radical (unpaired) electrons. The molecule has 0 fully saturated rings. The van der Waals surface area contributed by atoms with Crippen LogP contribution in [0.4, 0.5) is 0 Å². The summed E-state index contributed by atoms with van der Waals surface area (Å²) in [5.74, 6) is 2.63. The van der Waals surface area contributed by atoms with Crippen molar-refractivity contribution < 1.29 is 9.47 Å². The van der Waals surface area contributed by atoms with Gasteiger partial charge < -0.3 is 24.7 Å². The van der Waals surface area contributed by atoms with E-state index in [-0.39, 0.29) is 30.1 Å². The molecule has 1 aromatic carbocycles. The highest BCUT2D eigenvalue weighted by Crippen LogP contribution is 2.34. The quantitative estimate of drug-likeness (QED) is 0.376. The molecule has 0 aliphatic carbocycles. The van der Waals surface area contributed by atoms with Crippen molar-refractivity contribution in [2.24, 2.45) is 12.0 Å². The highest BCUT2D eigenvalue weighted by Gasteiger charge is 2.21. The van der Waals surface area contributed by atoms with E-state index in [2.05, 4.69) is 53.9 Å².